The maximum Gasteiger partial charge on any atom is 0.252 e. The molecule has 0 bridgehead atoms. The van der Waals surface area contributed by atoms with E-state index in [1.165, 1.54) is 15.6 Å². The molecule has 0 spiro atoms. The van der Waals surface area contributed by atoms with Gasteiger partial charge in [-0.05, 0) is 35.0 Å². The summed E-state index contributed by atoms with van der Waals surface area (Å²) in [5, 5.41) is 4.46. The zero-order valence-corrected chi connectivity index (χ0v) is 15.4. The smallest absolute Gasteiger partial charge is 0.237 e. The van der Waals surface area contributed by atoms with E-state index in [1.807, 2.05) is 17.5 Å². The Labute approximate surface area is 145 Å². The zero-order valence-electron chi connectivity index (χ0n) is 12.2. The van der Waals surface area contributed by atoms with Crippen molar-refractivity contribution in [2.75, 3.05) is 6.54 Å². The van der Waals surface area contributed by atoms with Crippen LogP contribution in [0, 0.1) is 6.92 Å². The molecule has 0 N–H and O–H groups in total. The van der Waals surface area contributed by atoms with Gasteiger partial charge in [0.05, 0.1) is 15.2 Å². The molecular formula is C14H13BrN4O2S2. The zero-order chi connectivity index (χ0) is 16.2. The Hall–Kier alpha value is -1.29. The van der Waals surface area contributed by atoms with Crippen LogP contribution in [0.3, 0.4) is 0 Å². The first-order valence-corrected chi connectivity index (χ1v) is 10.1. The molecule has 0 fully saturated rings. The maximum absolute atomic E-state index is 12.8. The van der Waals surface area contributed by atoms with E-state index < -0.39 is 10.0 Å². The fraction of sp³-hybridized carbons (Fsp3) is 0.286. The largest absolute Gasteiger partial charge is 0.252 e. The monoisotopic (exact) mass is 412 g/mol. The van der Waals surface area contributed by atoms with Crippen molar-refractivity contribution in [1.29, 1.82) is 0 Å². The summed E-state index contributed by atoms with van der Waals surface area (Å²) in [7, 11) is -3.47. The van der Waals surface area contributed by atoms with Gasteiger partial charge in [0.2, 0.25) is 0 Å². The summed E-state index contributed by atoms with van der Waals surface area (Å²) < 4.78 is 30.0. The number of halogens is 1. The Bertz CT molecular complexity index is 1010. The fourth-order valence-corrected chi connectivity index (χ4v) is 6.38. The molecule has 6 nitrogen and oxygen atoms in total. The summed E-state index contributed by atoms with van der Waals surface area (Å²) in [5.41, 5.74) is 3.66. The first-order chi connectivity index (χ1) is 10.9. The standard InChI is InChI=1S/C14H13BrN4O2S2/c1-9-6-13-16-7-10-8-18(5-4-11(10)19(13)17-9)23(20,21)14-3-2-12(15)22-14/h2-3,6-7H,4-5,8H2,1H3. The van der Waals surface area contributed by atoms with E-state index in [2.05, 4.69) is 26.0 Å². The number of thiophene rings is 1. The van der Waals surface area contributed by atoms with Gasteiger partial charge in [0.15, 0.2) is 5.65 Å². The molecule has 1 aliphatic rings. The number of aryl methyl sites for hydroxylation is 1. The van der Waals surface area contributed by atoms with Crippen molar-refractivity contribution in [2.24, 2.45) is 0 Å². The predicted molar refractivity (Wildman–Crippen MR) is 91.0 cm³/mol. The quantitative estimate of drug-likeness (QED) is 0.648. The molecule has 4 heterocycles. The van der Waals surface area contributed by atoms with Crippen LogP contribution in [0.15, 0.2) is 32.4 Å². The minimum atomic E-state index is -3.47. The first-order valence-electron chi connectivity index (χ1n) is 7.04. The van der Waals surface area contributed by atoms with Crippen molar-refractivity contribution in [2.45, 2.75) is 24.1 Å². The average Bonchev–Trinajstić information content (AvgIpc) is 3.12. The van der Waals surface area contributed by atoms with Crippen molar-refractivity contribution in [3.63, 3.8) is 0 Å². The van der Waals surface area contributed by atoms with Gasteiger partial charge in [-0.25, -0.2) is 17.9 Å². The molecule has 0 amide bonds. The molecule has 0 aliphatic carbocycles. The van der Waals surface area contributed by atoms with Crippen LogP contribution in [0.1, 0.15) is 17.0 Å². The van der Waals surface area contributed by atoms with E-state index in [4.69, 9.17) is 0 Å². The van der Waals surface area contributed by atoms with E-state index in [-0.39, 0.29) is 0 Å². The topological polar surface area (TPSA) is 67.6 Å². The average molecular weight is 413 g/mol. The van der Waals surface area contributed by atoms with Crippen LogP contribution in [0.4, 0.5) is 0 Å². The molecular weight excluding hydrogens is 400 g/mol. The maximum atomic E-state index is 12.8. The highest BCUT2D eigenvalue weighted by Crippen LogP contribution is 2.31. The van der Waals surface area contributed by atoms with Gasteiger partial charge >= 0.3 is 0 Å². The van der Waals surface area contributed by atoms with Gasteiger partial charge in [0.25, 0.3) is 10.0 Å². The molecule has 0 atom stereocenters. The van der Waals surface area contributed by atoms with Crippen LogP contribution in [-0.4, -0.2) is 33.9 Å². The molecule has 9 heteroatoms. The van der Waals surface area contributed by atoms with Gasteiger partial charge < -0.3 is 0 Å². The van der Waals surface area contributed by atoms with E-state index in [9.17, 15) is 8.42 Å². The summed E-state index contributed by atoms with van der Waals surface area (Å²) in [6, 6.07) is 5.32. The van der Waals surface area contributed by atoms with Crippen molar-refractivity contribution >= 4 is 42.9 Å². The van der Waals surface area contributed by atoms with Crippen LogP contribution in [0.5, 0.6) is 0 Å². The van der Waals surface area contributed by atoms with Crippen molar-refractivity contribution in [3.8, 4) is 0 Å². The molecule has 0 saturated heterocycles. The first kappa shape index (κ1) is 15.3. The molecule has 0 unspecified atom stereocenters. The minimum absolute atomic E-state index is 0.328. The van der Waals surface area contributed by atoms with Gasteiger partial charge in [-0.1, -0.05) is 0 Å². The number of hydrogen-bond acceptors (Lipinski definition) is 5. The van der Waals surface area contributed by atoms with Gasteiger partial charge in [-0.2, -0.15) is 9.40 Å². The summed E-state index contributed by atoms with van der Waals surface area (Å²) in [6.07, 6.45) is 2.39. The van der Waals surface area contributed by atoms with Gasteiger partial charge in [0.1, 0.15) is 4.21 Å². The second-order valence-electron chi connectivity index (χ2n) is 5.43. The lowest BCUT2D eigenvalue weighted by molar-refractivity contribution is 0.385. The van der Waals surface area contributed by atoms with Gasteiger partial charge in [-0.3, -0.25) is 0 Å². The van der Waals surface area contributed by atoms with Gasteiger partial charge in [0, 0.05) is 37.3 Å². The lowest BCUT2D eigenvalue weighted by Crippen LogP contribution is -2.36. The Morgan fingerprint density at radius 2 is 2.17 bits per heavy atom. The second kappa shape index (κ2) is 5.37. The number of nitrogens with zero attached hydrogens (tertiary/aromatic N) is 4. The molecule has 3 aromatic rings. The minimum Gasteiger partial charge on any atom is -0.237 e. The Morgan fingerprint density at radius 1 is 1.35 bits per heavy atom. The molecule has 23 heavy (non-hydrogen) atoms. The van der Waals surface area contributed by atoms with Crippen molar-refractivity contribution in [3.05, 3.63) is 45.1 Å². The van der Waals surface area contributed by atoms with E-state index in [0.717, 1.165) is 26.4 Å². The SMILES string of the molecule is Cc1cc2ncc3c(n2n1)CCN(S(=O)(=O)c1ccc(Br)s1)C3. The lowest BCUT2D eigenvalue weighted by Gasteiger charge is -2.27. The Balaban J connectivity index is 1.73. The molecule has 0 saturated carbocycles. The summed E-state index contributed by atoms with van der Waals surface area (Å²) in [5.74, 6) is 0. The normalized spacial score (nSPS) is 15.9. The summed E-state index contributed by atoms with van der Waals surface area (Å²) >= 11 is 4.55. The molecule has 0 aromatic carbocycles. The predicted octanol–water partition coefficient (Wildman–Crippen LogP) is 2.61. The molecule has 1 aliphatic heterocycles. The third-order valence-electron chi connectivity index (χ3n) is 3.88. The fourth-order valence-electron chi connectivity index (χ4n) is 2.80. The highest BCUT2D eigenvalue weighted by atomic mass is 79.9. The third kappa shape index (κ3) is 2.51. The van der Waals surface area contributed by atoms with Crippen molar-refractivity contribution in [1.82, 2.24) is 18.9 Å². The Kier molecular flexibility index (Phi) is 3.56. The highest BCUT2D eigenvalue weighted by molar-refractivity contribution is 9.11. The van der Waals surface area contributed by atoms with Crippen LogP contribution >= 0.6 is 27.3 Å². The summed E-state index contributed by atoms with van der Waals surface area (Å²) in [4.78, 5) is 4.38. The summed E-state index contributed by atoms with van der Waals surface area (Å²) in [6.45, 7) is 2.70. The Morgan fingerprint density at radius 3 is 2.91 bits per heavy atom. The number of sulfonamides is 1. The molecule has 4 rings (SSSR count). The van der Waals surface area contributed by atoms with Crippen LogP contribution < -0.4 is 0 Å². The highest BCUT2D eigenvalue weighted by Gasteiger charge is 2.30. The number of aromatic nitrogens is 3. The third-order valence-corrected chi connectivity index (χ3v) is 7.82. The van der Waals surface area contributed by atoms with Crippen molar-refractivity contribution < 1.29 is 8.42 Å². The molecule has 3 aromatic heterocycles. The van der Waals surface area contributed by atoms with E-state index >= 15 is 0 Å². The van der Waals surface area contributed by atoms with Crippen LogP contribution in [0.2, 0.25) is 0 Å². The molecule has 0 radical (unpaired) electrons. The number of fused-ring (bicyclic) bond motifs is 3. The molecule has 120 valence electrons. The van der Waals surface area contributed by atoms with Crippen LogP contribution in [-0.2, 0) is 23.0 Å². The van der Waals surface area contributed by atoms with Crippen LogP contribution in [0.25, 0.3) is 5.65 Å². The number of rotatable bonds is 2. The second-order valence-corrected chi connectivity index (χ2v) is 10.1. The van der Waals surface area contributed by atoms with E-state index in [1.54, 1.807) is 18.3 Å². The number of hydrogen-bond donors (Lipinski definition) is 0. The lowest BCUT2D eigenvalue weighted by atomic mass is 10.1. The van der Waals surface area contributed by atoms with Gasteiger partial charge in [-0.15, -0.1) is 11.3 Å². The van der Waals surface area contributed by atoms with E-state index in [0.29, 0.717) is 23.7 Å².